The third kappa shape index (κ3) is 4.79. The molecule has 2 saturated heterocycles. The molecule has 7 heteroatoms. The average Bonchev–Trinajstić information content (AvgIpc) is 3.28. The van der Waals surface area contributed by atoms with Gasteiger partial charge in [0.1, 0.15) is 0 Å². The van der Waals surface area contributed by atoms with E-state index < -0.39 is 10.0 Å². The van der Waals surface area contributed by atoms with Gasteiger partial charge in [-0.15, -0.1) is 0 Å². The molecule has 0 bridgehead atoms. The van der Waals surface area contributed by atoms with E-state index in [1.165, 1.54) is 26.9 Å². The molecule has 6 nitrogen and oxygen atoms in total. The third-order valence-electron chi connectivity index (χ3n) is 6.23. The molecular weight excluding hydrogens is 386 g/mol. The third-order valence-corrected chi connectivity index (χ3v) is 8.11. The minimum absolute atomic E-state index is 0.135. The predicted molar refractivity (Wildman–Crippen MR) is 112 cm³/mol. The Kier molecular flexibility index (Phi) is 6.18. The second kappa shape index (κ2) is 8.81. The Morgan fingerprint density at radius 3 is 2.34 bits per heavy atom. The monoisotopic (exact) mass is 416 g/mol. The molecule has 4 rings (SSSR count). The highest BCUT2D eigenvalue weighted by molar-refractivity contribution is 7.89. The number of nitrogens with zero attached hydrogens (tertiary/aromatic N) is 2. The van der Waals surface area contributed by atoms with Gasteiger partial charge in [0.05, 0.1) is 18.0 Å². The molecular formula is C22H30N3O3S+. The largest absolute Gasteiger partial charge is 0.317 e. The lowest BCUT2D eigenvalue weighted by Crippen LogP contribution is -3.12. The average molecular weight is 417 g/mol. The van der Waals surface area contributed by atoms with Crippen LogP contribution in [0, 0.1) is 5.92 Å². The Bertz CT molecular complexity index is 974. The maximum atomic E-state index is 12.8. The highest BCUT2D eigenvalue weighted by atomic mass is 32.2. The van der Waals surface area contributed by atoms with Crippen LogP contribution in [-0.2, 0) is 23.1 Å². The molecule has 2 aliphatic heterocycles. The number of sulfonamides is 1. The normalized spacial score (nSPS) is 23.3. The minimum Gasteiger partial charge on any atom is -0.317 e. The van der Waals surface area contributed by atoms with Gasteiger partial charge >= 0.3 is 0 Å². The molecule has 0 radical (unpaired) electrons. The van der Waals surface area contributed by atoms with Gasteiger partial charge in [0, 0.05) is 25.4 Å². The summed E-state index contributed by atoms with van der Waals surface area (Å²) in [6.45, 7) is 3.68. The molecule has 1 aromatic carbocycles. The number of nitrogens with one attached hydrogen (secondary N) is 1. The van der Waals surface area contributed by atoms with Crippen molar-refractivity contribution in [3.63, 3.8) is 0 Å². The molecule has 0 amide bonds. The molecule has 1 N–H and O–H groups in total. The Morgan fingerprint density at radius 2 is 1.66 bits per heavy atom. The van der Waals surface area contributed by atoms with Crippen LogP contribution in [0.5, 0.6) is 0 Å². The summed E-state index contributed by atoms with van der Waals surface area (Å²) in [6.07, 6.45) is 6.72. The molecule has 156 valence electrons. The maximum Gasteiger partial charge on any atom is 0.254 e. The van der Waals surface area contributed by atoms with Gasteiger partial charge in [-0.2, -0.15) is 4.31 Å². The van der Waals surface area contributed by atoms with Crippen molar-refractivity contribution in [3.05, 3.63) is 64.6 Å². The Hall–Kier alpha value is -1.96. The van der Waals surface area contributed by atoms with Crippen LogP contribution >= 0.6 is 0 Å². The number of hydrogen-bond acceptors (Lipinski definition) is 3. The second-order valence-corrected chi connectivity index (χ2v) is 10.3. The van der Waals surface area contributed by atoms with E-state index in [0.29, 0.717) is 25.7 Å². The molecule has 0 atom stereocenters. The first-order chi connectivity index (χ1) is 14.0. The smallest absolute Gasteiger partial charge is 0.254 e. The van der Waals surface area contributed by atoms with Gasteiger partial charge in [-0.3, -0.25) is 9.36 Å². The maximum absolute atomic E-state index is 12.8. The highest BCUT2D eigenvalue weighted by Crippen LogP contribution is 2.20. The molecule has 0 aliphatic carbocycles. The van der Waals surface area contributed by atoms with Gasteiger partial charge < -0.3 is 4.90 Å². The second-order valence-electron chi connectivity index (χ2n) is 8.33. The van der Waals surface area contributed by atoms with Crippen LogP contribution in [0.1, 0.15) is 31.2 Å². The lowest BCUT2D eigenvalue weighted by atomic mass is 9.90. The molecule has 2 fully saturated rings. The van der Waals surface area contributed by atoms with E-state index in [0.717, 1.165) is 45.2 Å². The Balaban J connectivity index is 1.39. The van der Waals surface area contributed by atoms with E-state index in [2.05, 4.69) is 24.3 Å². The van der Waals surface area contributed by atoms with E-state index >= 15 is 0 Å². The van der Waals surface area contributed by atoms with E-state index in [-0.39, 0.29) is 10.5 Å². The summed E-state index contributed by atoms with van der Waals surface area (Å²) < 4.78 is 28.7. The zero-order chi connectivity index (χ0) is 20.3. The van der Waals surface area contributed by atoms with Crippen molar-refractivity contribution >= 4 is 10.0 Å². The minimum atomic E-state index is -3.50. The van der Waals surface area contributed by atoms with Crippen molar-refractivity contribution in [2.75, 3.05) is 26.2 Å². The van der Waals surface area contributed by atoms with Crippen LogP contribution < -0.4 is 10.5 Å². The number of pyridine rings is 1. The lowest BCUT2D eigenvalue weighted by Gasteiger charge is -2.29. The summed E-state index contributed by atoms with van der Waals surface area (Å²) in [7, 11) is -3.50. The van der Waals surface area contributed by atoms with Gasteiger partial charge in [-0.25, -0.2) is 8.42 Å². The number of rotatable bonds is 6. The molecule has 0 saturated carbocycles. The Morgan fingerprint density at radius 1 is 0.966 bits per heavy atom. The zero-order valence-corrected chi connectivity index (χ0v) is 17.6. The van der Waals surface area contributed by atoms with Crippen molar-refractivity contribution in [2.45, 2.75) is 43.7 Å². The fourth-order valence-corrected chi connectivity index (χ4v) is 6.04. The number of hydrogen-bond donors (Lipinski definition) is 1. The van der Waals surface area contributed by atoms with E-state index in [9.17, 15) is 13.2 Å². The van der Waals surface area contributed by atoms with Crippen molar-refractivity contribution in [2.24, 2.45) is 5.92 Å². The van der Waals surface area contributed by atoms with Crippen molar-refractivity contribution in [1.29, 1.82) is 0 Å². The molecule has 1 aromatic heterocycles. The van der Waals surface area contributed by atoms with Crippen molar-refractivity contribution < 1.29 is 13.3 Å². The molecule has 2 aliphatic rings. The first kappa shape index (κ1) is 20.3. The highest BCUT2D eigenvalue weighted by Gasteiger charge is 2.28. The van der Waals surface area contributed by atoms with Crippen LogP contribution in [0.25, 0.3) is 0 Å². The summed E-state index contributed by atoms with van der Waals surface area (Å²) in [5.74, 6) is 0.680. The van der Waals surface area contributed by atoms with Crippen LogP contribution in [0.3, 0.4) is 0 Å². The molecule has 29 heavy (non-hydrogen) atoms. The van der Waals surface area contributed by atoms with Gasteiger partial charge in [0.2, 0.25) is 10.0 Å². The molecule has 3 heterocycles. The van der Waals surface area contributed by atoms with E-state index in [1.54, 1.807) is 10.8 Å². The van der Waals surface area contributed by atoms with Gasteiger partial charge in [0.25, 0.3) is 5.56 Å². The number of likely N-dealkylation sites (tertiary alicyclic amines) is 1. The zero-order valence-electron chi connectivity index (χ0n) is 16.8. The predicted octanol–water partition coefficient (Wildman–Crippen LogP) is 1.13. The van der Waals surface area contributed by atoms with Gasteiger partial charge in [-0.1, -0.05) is 30.3 Å². The van der Waals surface area contributed by atoms with Crippen molar-refractivity contribution in [3.8, 4) is 0 Å². The number of quaternary nitrogens is 1. The Labute approximate surface area is 172 Å². The summed E-state index contributed by atoms with van der Waals surface area (Å²) in [6, 6.07) is 13.4. The standard InChI is InChI=1S/C22H29N3O3S/c26-22-9-8-21(29(27,28)25-12-4-5-13-25)17-24(22)18-23-14-10-20(11-15-23)16-19-6-2-1-3-7-19/h1-3,6-9,17,20H,4-5,10-16,18H2/p+1. The topological polar surface area (TPSA) is 63.8 Å². The number of aromatic nitrogens is 1. The first-order valence-electron chi connectivity index (χ1n) is 10.6. The van der Waals surface area contributed by atoms with Crippen LogP contribution in [0.2, 0.25) is 0 Å². The first-order valence-corrected chi connectivity index (χ1v) is 12.0. The van der Waals surface area contributed by atoms with E-state index in [1.807, 2.05) is 6.07 Å². The summed E-state index contributed by atoms with van der Waals surface area (Å²) in [5, 5.41) is 0. The number of piperidine rings is 1. The lowest BCUT2D eigenvalue weighted by molar-refractivity contribution is -0.928. The SMILES string of the molecule is O=c1ccc(S(=O)(=O)N2CCCC2)cn1C[NH+]1CCC(Cc2ccccc2)CC1. The summed E-state index contributed by atoms with van der Waals surface area (Å²) >= 11 is 0. The van der Waals surface area contributed by atoms with Crippen molar-refractivity contribution in [1.82, 2.24) is 8.87 Å². The molecule has 0 spiro atoms. The summed E-state index contributed by atoms with van der Waals surface area (Å²) in [4.78, 5) is 13.9. The van der Waals surface area contributed by atoms with Gasteiger partial charge in [-0.05, 0) is 49.7 Å². The van der Waals surface area contributed by atoms with Crippen LogP contribution in [0.4, 0.5) is 0 Å². The fourth-order valence-electron chi connectivity index (χ4n) is 4.50. The van der Waals surface area contributed by atoms with E-state index in [4.69, 9.17) is 0 Å². The molecule has 0 unspecified atom stereocenters. The quantitative estimate of drug-likeness (QED) is 0.768. The molecule has 2 aromatic rings. The number of benzene rings is 1. The fraction of sp³-hybridized carbons (Fsp3) is 0.500. The van der Waals surface area contributed by atoms with Crippen LogP contribution in [-0.4, -0.2) is 43.5 Å². The van der Waals surface area contributed by atoms with Crippen LogP contribution in [0.15, 0.2) is 58.4 Å². The summed E-state index contributed by atoms with van der Waals surface area (Å²) in [5.41, 5.74) is 1.25. The van der Waals surface area contributed by atoms with Gasteiger partial charge in [0.15, 0.2) is 6.67 Å².